The molecule has 0 aliphatic rings. The second-order valence-electron chi connectivity index (χ2n) is 2.41. The minimum absolute atomic E-state index is 0.213. The first-order valence-electron chi connectivity index (χ1n) is 3.55. The van der Waals surface area contributed by atoms with Gasteiger partial charge in [-0.05, 0) is 12.1 Å². The van der Waals surface area contributed by atoms with Gasteiger partial charge in [-0.2, -0.15) is 4.98 Å². The summed E-state index contributed by atoms with van der Waals surface area (Å²) in [6.07, 6.45) is 1.60. The minimum Gasteiger partial charge on any atom is -0.366 e. The number of halogens is 1. The number of H-pyrrole nitrogens is 1. The lowest BCUT2D eigenvalue weighted by molar-refractivity contribution is 1.10. The van der Waals surface area contributed by atoms with Crippen molar-refractivity contribution < 1.29 is 0 Å². The van der Waals surface area contributed by atoms with Crippen molar-refractivity contribution >= 4 is 17.5 Å². The Kier molecular flexibility index (Phi) is 1.86. The quantitative estimate of drug-likeness (QED) is 0.668. The molecule has 2 aromatic heterocycles. The van der Waals surface area contributed by atoms with E-state index in [2.05, 4.69) is 20.2 Å². The van der Waals surface area contributed by atoms with Crippen LogP contribution in [0.15, 0.2) is 18.3 Å². The molecule has 2 heterocycles. The van der Waals surface area contributed by atoms with Crippen LogP contribution >= 0.6 is 11.6 Å². The molecule has 0 atom stereocenters. The third-order valence-corrected chi connectivity index (χ3v) is 1.73. The highest BCUT2D eigenvalue weighted by Crippen LogP contribution is 2.15. The van der Waals surface area contributed by atoms with Crippen LogP contribution in [-0.4, -0.2) is 20.2 Å². The van der Waals surface area contributed by atoms with Gasteiger partial charge >= 0.3 is 0 Å². The standard InChI is InChI=1S/C7H6ClN5/c8-5-2-1-4(3-10-5)6-11-7(9)13-12-6/h1-3H,(H3,9,11,12,13). The fourth-order valence-corrected chi connectivity index (χ4v) is 1.03. The van der Waals surface area contributed by atoms with E-state index in [1.807, 2.05) is 0 Å². The van der Waals surface area contributed by atoms with E-state index in [-0.39, 0.29) is 5.95 Å². The number of anilines is 1. The molecule has 6 heteroatoms. The highest BCUT2D eigenvalue weighted by molar-refractivity contribution is 6.29. The third kappa shape index (κ3) is 1.59. The summed E-state index contributed by atoms with van der Waals surface area (Å²) < 4.78 is 0. The van der Waals surface area contributed by atoms with E-state index in [4.69, 9.17) is 17.3 Å². The van der Waals surface area contributed by atoms with E-state index >= 15 is 0 Å². The first-order chi connectivity index (χ1) is 6.25. The van der Waals surface area contributed by atoms with Crippen molar-refractivity contribution in [3.05, 3.63) is 23.5 Å². The molecule has 3 N–H and O–H groups in total. The average molecular weight is 196 g/mol. The molecular weight excluding hydrogens is 190 g/mol. The lowest BCUT2D eigenvalue weighted by Crippen LogP contribution is -1.85. The Bertz CT molecular complexity index is 407. The van der Waals surface area contributed by atoms with Gasteiger partial charge in [0.2, 0.25) is 5.95 Å². The predicted molar refractivity (Wildman–Crippen MR) is 49.0 cm³/mol. The lowest BCUT2D eigenvalue weighted by Gasteiger charge is -1.93. The van der Waals surface area contributed by atoms with Gasteiger partial charge in [0.15, 0.2) is 5.82 Å². The van der Waals surface area contributed by atoms with E-state index in [0.29, 0.717) is 11.0 Å². The Morgan fingerprint density at radius 2 is 2.23 bits per heavy atom. The van der Waals surface area contributed by atoms with Crippen molar-refractivity contribution in [3.8, 4) is 11.4 Å². The zero-order chi connectivity index (χ0) is 9.26. The van der Waals surface area contributed by atoms with Crippen molar-refractivity contribution in [1.82, 2.24) is 20.2 Å². The second kappa shape index (κ2) is 3.02. The van der Waals surface area contributed by atoms with Crippen LogP contribution in [0.2, 0.25) is 5.15 Å². The Balaban J connectivity index is 2.41. The molecule has 0 saturated heterocycles. The smallest absolute Gasteiger partial charge is 0.239 e. The molecule has 0 aliphatic heterocycles. The summed E-state index contributed by atoms with van der Waals surface area (Å²) in [5, 5.41) is 6.81. The number of nitrogens with one attached hydrogen (secondary N) is 1. The van der Waals surface area contributed by atoms with E-state index in [9.17, 15) is 0 Å². The van der Waals surface area contributed by atoms with Crippen molar-refractivity contribution in [2.45, 2.75) is 0 Å². The predicted octanol–water partition coefficient (Wildman–Crippen LogP) is 1.10. The molecule has 0 amide bonds. The number of nitrogens with zero attached hydrogens (tertiary/aromatic N) is 3. The van der Waals surface area contributed by atoms with Gasteiger partial charge in [-0.1, -0.05) is 11.6 Å². The van der Waals surface area contributed by atoms with Crippen molar-refractivity contribution in [1.29, 1.82) is 0 Å². The zero-order valence-corrected chi connectivity index (χ0v) is 7.28. The minimum atomic E-state index is 0.213. The Labute approximate surface area is 79.0 Å². The normalized spacial score (nSPS) is 10.2. The number of pyridine rings is 1. The van der Waals surface area contributed by atoms with Crippen LogP contribution in [0.3, 0.4) is 0 Å². The molecule has 2 aromatic rings. The Hall–Kier alpha value is -1.62. The maximum absolute atomic E-state index is 5.62. The number of nitrogen functional groups attached to an aromatic ring is 1. The van der Waals surface area contributed by atoms with Gasteiger partial charge in [-0.25, -0.2) is 4.98 Å². The summed E-state index contributed by atoms with van der Waals surface area (Å²) in [6.45, 7) is 0. The number of hydrogen-bond donors (Lipinski definition) is 2. The molecule has 13 heavy (non-hydrogen) atoms. The molecular formula is C7H6ClN5. The SMILES string of the molecule is Nc1n[nH]c(-c2ccc(Cl)nc2)n1. The molecule has 0 bridgehead atoms. The van der Waals surface area contributed by atoms with Crippen LogP contribution < -0.4 is 5.73 Å². The van der Waals surface area contributed by atoms with Gasteiger partial charge in [-0.3, -0.25) is 5.10 Å². The van der Waals surface area contributed by atoms with E-state index in [0.717, 1.165) is 5.56 Å². The monoisotopic (exact) mass is 195 g/mol. The summed E-state index contributed by atoms with van der Waals surface area (Å²) in [5.74, 6) is 0.798. The van der Waals surface area contributed by atoms with Crippen LogP contribution in [0, 0.1) is 0 Å². The van der Waals surface area contributed by atoms with Gasteiger partial charge < -0.3 is 5.73 Å². The van der Waals surface area contributed by atoms with Gasteiger partial charge in [0.1, 0.15) is 5.15 Å². The fourth-order valence-electron chi connectivity index (χ4n) is 0.920. The maximum atomic E-state index is 5.62. The molecule has 0 aromatic carbocycles. The fraction of sp³-hybridized carbons (Fsp3) is 0. The van der Waals surface area contributed by atoms with Gasteiger partial charge in [0, 0.05) is 11.8 Å². The molecule has 0 spiro atoms. The van der Waals surface area contributed by atoms with Crippen molar-refractivity contribution in [2.75, 3.05) is 5.73 Å². The van der Waals surface area contributed by atoms with E-state index in [1.165, 1.54) is 0 Å². The Morgan fingerprint density at radius 1 is 1.38 bits per heavy atom. The second-order valence-corrected chi connectivity index (χ2v) is 2.80. The first-order valence-corrected chi connectivity index (χ1v) is 3.93. The summed E-state index contributed by atoms with van der Waals surface area (Å²) >= 11 is 5.62. The third-order valence-electron chi connectivity index (χ3n) is 1.50. The summed E-state index contributed by atoms with van der Waals surface area (Å²) in [6, 6.07) is 3.46. The van der Waals surface area contributed by atoms with Crippen molar-refractivity contribution in [2.24, 2.45) is 0 Å². The topological polar surface area (TPSA) is 80.5 Å². The van der Waals surface area contributed by atoms with Crippen LogP contribution in [0.5, 0.6) is 0 Å². The van der Waals surface area contributed by atoms with E-state index in [1.54, 1.807) is 18.3 Å². The molecule has 0 aliphatic carbocycles. The van der Waals surface area contributed by atoms with Gasteiger partial charge in [0.05, 0.1) is 0 Å². The lowest BCUT2D eigenvalue weighted by atomic mass is 10.3. The summed E-state index contributed by atoms with van der Waals surface area (Å²) in [5.41, 5.74) is 6.15. The van der Waals surface area contributed by atoms with Gasteiger partial charge in [-0.15, -0.1) is 5.10 Å². The van der Waals surface area contributed by atoms with Crippen LogP contribution in [0.4, 0.5) is 5.95 Å². The number of aromatic amines is 1. The zero-order valence-electron chi connectivity index (χ0n) is 6.53. The summed E-state index contributed by atoms with van der Waals surface area (Å²) in [4.78, 5) is 7.84. The molecule has 66 valence electrons. The molecule has 0 fully saturated rings. The highest BCUT2D eigenvalue weighted by Gasteiger charge is 2.02. The summed E-state index contributed by atoms with van der Waals surface area (Å²) in [7, 11) is 0. The number of nitrogens with two attached hydrogens (primary N) is 1. The number of hydrogen-bond acceptors (Lipinski definition) is 4. The first kappa shape index (κ1) is 8.00. The average Bonchev–Trinajstić information content (AvgIpc) is 2.53. The number of rotatable bonds is 1. The van der Waals surface area contributed by atoms with Crippen LogP contribution in [0.1, 0.15) is 0 Å². The highest BCUT2D eigenvalue weighted by atomic mass is 35.5. The van der Waals surface area contributed by atoms with Crippen molar-refractivity contribution in [3.63, 3.8) is 0 Å². The van der Waals surface area contributed by atoms with Crippen LogP contribution in [0.25, 0.3) is 11.4 Å². The van der Waals surface area contributed by atoms with Crippen LogP contribution in [-0.2, 0) is 0 Å². The molecule has 0 saturated carbocycles. The molecule has 5 nitrogen and oxygen atoms in total. The molecule has 2 rings (SSSR count). The maximum Gasteiger partial charge on any atom is 0.239 e. The molecule has 0 unspecified atom stereocenters. The van der Waals surface area contributed by atoms with Gasteiger partial charge in [0.25, 0.3) is 0 Å². The Morgan fingerprint density at radius 3 is 2.77 bits per heavy atom. The van der Waals surface area contributed by atoms with E-state index < -0.39 is 0 Å². The molecule has 0 radical (unpaired) electrons. The largest absolute Gasteiger partial charge is 0.366 e. The number of aromatic nitrogens is 4.